The number of primary amides is 1. The van der Waals surface area contributed by atoms with E-state index in [0.717, 1.165) is 0 Å². The van der Waals surface area contributed by atoms with E-state index in [2.05, 4.69) is 25.6 Å². The molecule has 1 aliphatic rings. The fourth-order valence-corrected chi connectivity index (χ4v) is 2.36. The second-order valence-corrected chi connectivity index (χ2v) is 5.06. The van der Waals surface area contributed by atoms with Crippen LogP contribution in [0.15, 0.2) is 6.33 Å². The van der Waals surface area contributed by atoms with Crippen LogP contribution in [0, 0.1) is 5.92 Å². The van der Waals surface area contributed by atoms with Crippen LogP contribution in [-0.2, 0) is 16.1 Å². The van der Waals surface area contributed by atoms with Gasteiger partial charge in [0.05, 0.1) is 12.5 Å². The van der Waals surface area contributed by atoms with Gasteiger partial charge in [-0.3, -0.25) is 9.59 Å². The number of aromatic nitrogens is 5. The van der Waals surface area contributed by atoms with Crippen molar-refractivity contribution in [1.29, 1.82) is 0 Å². The topological polar surface area (TPSA) is 132 Å². The van der Waals surface area contributed by atoms with E-state index in [1.807, 2.05) is 11.8 Å². The average molecular weight is 304 g/mol. The summed E-state index contributed by atoms with van der Waals surface area (Å²) in [6.07, 6.45) is 1.47. The molecule has 1 fully saturated rings. The number of nitrogens with two attached hydrogens (primary N) is 1. The Balaban J connectivity index is 1.69. The van der Waals surface area contributed by atoms with Crippen molar-refractivity contribution in [2.75, 3.05) is 24.5 Å². The van der Waals surface area contributed by atoms with Crippen LogP contribution in [0.4, 0.5) is 5.82 Å². The van der Waals surface area contributed by atoms with Gasteiger partial charge < -0.3 is 16.0 Å². The highest BCUT2D eigenvalue weighted by Gasteiger charge is 2.35. The molecule has 3 rings (SSSR count). The first-order valence-corrected chi connectivity index (χ1v) is 6.95. The first-order chi connectivity index (χ1) is 10.6. The average Bonchev–Trinajstić information content (AvgIpc) is 2.87. The Hall–Kier alpha value is -2.78. The molecule has 0 bridgehead atoms. The molecule has 3 heterocycles. The molecule has 0 aliphatic carbocycles. The minimum atomic E-state index is -0.557. The molecule has 0 atom stereocenters. The fraction of sp³-hybridized carbons (Fsp3) is 0.500. The summed E-state index contributed by atoms with van der Waals surface area (Å²) >= 11 is 0. The van der Waals surface area contributed by atoms with Gasteiger partial charge in [-0.05, 0) is 6.92 Å². The van der Waals surface area contributed by atoms with Crippen LogP contribution in [0.25, 0.3) is 11.2 Å². The van der Waals surface area contributed by atoms with Crippen molar-refractivity contribution in [3.63, 3.8) is 0 Å². The number of hydrogen-bond acceptors (Lipinski definition) is 7. The number of aryl methyl sites for hydroxylation is 1. The van der Waals surface area contributed by atoms with Gasteiger partial charge in [-0.1, -0.05) is 5.21 Å². The van der Waals surface area contributed by atoms with Crippen molar-refractivity contribution in [1.82, 2.24) is 30.3 Å². The van der Waals surface area contributed by atoms with Gasteiger partial charge in [0.1, 0.15) is 6.33 Å². The summed E-state index contributed by atoms with van der Waals surface area (Å²) in [5.74, 6) is -0.259. The van der Waals surface area contributed by atoms with Gasteiger partial charge >= 0.3 is 0 Å². The Bertz CT molecular complexity index is 721. The molecule has 0 spiro atoms. The maximum atomic E-state index is 11.8. The highest BCUT2D eigenvalue weighted by atomic mass is 16.2. The largest absolute Gasteiger partial charge is 0.368 e. The molecule has 2 amide bonds. The molecule has 0 aromatic carbocycles. The van der Waals surface area contributed by atoms with E-state index in [0.29, 0.717) is 36.6 Å². The summed E-state index contributed by atoms with van der Waals surface area (Å²) in [5, 5.41) is 10.6. The Morgan fingerprint density at radius 2 is 2.18 bits per heavy atom. The van der Waals surface area contributed by atoms with E-state index in [9.17, 15) is 9.59 Å². The third kappa shape index (κ3) is 2.43. The van der Waals surface area contributed by atoms with Crippen molar-refractivity contribution in [3.8, 4) is 0 Å². The van der Waals surface area contributed by atoms with Crippen LogP contribution >= 0.6 is 0 Å². The molecule has 2 aromatic heterocycles. The van der Waals surface area contributed by atoms with Crippen LogP contribution in [0.5, 0.6) is 0 Å². The number of nitrogens with one attached hydrogen (secondary N) is 1. The van der Waals surface area contributed by atoms with Gasteiger partial charge in [0.15, 0.2) is 17.0 Å². The van der Waals surface area contributed by atoms with Gasteiger partial charge in [-0.15, -0.1) is 5.10 Å². The fourth-order valence-electron chi connectivity index (χ4n) is 2.36. The summed E-state index contributed by atoms with van der Waals surface area (Å²) in [7, 11) is 0. The summed E-state index contributed by atoms with van der Waals surface area (Å²) in [4.78, 5) is 32.8. The molecule has 1 aliphatic heterocycles. The number of carbonyl (C=O) groups excluding carboxylic acids is 2. The van der Waals surface area contributed by atoms with E-state index >= 15 is 0 Å². The first-order valence-electron chi connectivity index (χ1n) is 6.95. The second kappa shape index (κ2) is 5.54. The van der Waals surface area contributed by atoms with E-state index in [-0.39, 0.29) is 18.4 Å². The van der Waals surface area contributed by atoms with Crippen molar-refractivity contribution < 1.29 is 9.59 Å². The molecule has 22 heavy (non-hydrogen) atoms. The van der Waals surface area contributed by atoms with Gasteiger partial charge in [-0.25, -0.2) is 14.6 Å². The van der Waals surface area contributed by atoms with Crippen LogP contribution < -0.4 is 16.0 Å². The summed E-state index contributed by atoms with van der Waals surface area (Å²) in [6, 6.07) is 0. The molecule has 3 N–H and O–H groups in total. The zero-order valence-corrected chi connectivity index (χ0v) is 12.1. The minimum Gasteiger partial charge on any atom is -0.368 e. The highest BCUT2D eigenvalue weighted by Crippen LogP contribution is 2.27. The Morgan fingerprint density at radius 3 is 2.86 bits per heavy atom. The molecule has 1 saturated heterocycles. The van der Waals surface area contributed by atoms with E-state index in [1.165, 1.54) is 6.33 Å². The second-order valence-electron chi connectivity index (χ2n) is 5.06. The smallest absolute Gasteiger partial charge is 0.236 e. The Kier molecular flexibility index (Phi) is 3.57. The molecular weight excluding hydrogens is 288 g/mol. The van der Waals surface area contributed by atoms with Crippen molar-refractivity contribution in [2.24, 2.45) is 11.7 Å². The number of hydrogen-bond donors (Lipinski definition) is 2. The van der Waals surface area contributed by atoms with E-state index in [1.54, 1.807) is 4.68 Å². The lowest BCUT2D eigenvalue weighted by Gasteiger charge is -2.38. The standard InChI is InChI=1S/C12H16N8O2/c1-2-20-11-9(17-18-20)10(15-6-16-11)19-4-7(5-19)12(22)14-3-8(13)21/h6-7H,2-5H2,1H3,(H2,13,21)(H,14,22). The van der Waals surface area contributed by atoms with Crippen LogP contribution in [0.1, 0.15) is 6.92 Å². The zero-order valence-electron chi connectivity index (χ0n) is 12.1. The number of carbonyl (C=O) groups is 2. The molecule has 10 nitrogen and oxygen atoms in total. The lowest BCUT2D eigenvalue weighted by Crippen LogP contribution is -2.54. The Labute approximate surface area is 125 Å². The highest BCUT2D eigenvalue weighted by molar-refractivity contribution is 5.88. The monoisotopic (exact) mass is 304 g/mol. The molecule has 0 radical (unpaired) electrons. The van der Waals surface area contributed by atoms with Gasteiger partial charge in [0.25, 0.3) is 0 Å². The molecule has 2 aromatic rings. The van der Waals surface area contributed by atoms with Gasteiger partial charge in [-0.2, -0.15) is 0 Å². The van der Waals surface area contributed by atoms with Crippen molar-refractivity contribution in [2.45, 2.75) is 13.5 Å². The molecule has 0 unspecified atom stereocenters. The predicted octanol–water partition coefficient (Wildman–Crippen LogP) is -1.72. The van der Waals surface area contributed by atoms with Crippen molar-refractivity contribution >= 4 is 28.8 Å². The third-order valence-electron chi connectivity index (χ3n) is 3.57. The third-order valence-corrected chi connectivity index (χ3v) is 3.57. The SMILES string of the molecule is CCn1nnc2c(N3CC(C(=O)NCC(N)=O)C3)ncnc21. The predicted molar refractivity (Wildman–Crippen MR) is 76.7 cm³/mol. The number of fused-ring (bicyclic) bond motifs is 1. The first kappa shape index (κ1) is 14.2. The summed E-state index contributed by atoms with van der Waals surface area (Å²) in [5.41, 5.74) is 6.30. The molecule has 0 saturated carbocycles. The molecule has 116 valence electrons. The zero-order chi connectivity index (χ0) is 15.7. The minimum absolute atomic E-state index is 0.141. The maximum Gasteiger partial charge on any atom is 0.236 e. The molecule has 10 heteroatoms. The van der Waals surface area contributed by atoms with Crippen LogP contribution in [0.3, 0.4) is 0 Å². The normalized spacial score (nSPS) is 14.9. The Morgan fingerprint density at radius 1 is 1.41 bits per heavy atom. The van der Waals surface area contributed by atoms with Gasteiger partial charge in [0, 0.05) is 19.6 Å². The number of nitrogens with zero attached hydrogens (tertiary/aromatic N) is 6. The lowest BCUT2D eigenvalue weighted by molar-refractivity contribution is -0.128. The lowest BCUT2D eigenvalue weighted by atomic mass is 9.99. The van der Waals surface area contributed by atoms with Crippen molar-refractivity contribution in [3.05, 3.63) is 6.33 Å². The number of amides is 2. The maximum absolute atomic E-state index is 11.8. The quantitative estimate of drug-likeness (QED) is 0.671. The van der Waals surface area contributed by atoms with E-state index in [4.69, 9.17) is 5.73 Å². The van der Waals surface area contributed by atoms with Gasteiger partial charge in [0.2, 0.25) is 11.8 Å². The number of anilines is 1. The summed E-state index contributed by atoms with van der Waals surface area (Å²) < 4.78 is 1.69. The van der Waals surface area contributed by atoms with Crippen LogP contribution in [0.2, 0.25) is 0 Å². The van der Waals surface area contributed by atoms with Crippen LogP contribution in [-0.4, -0.2) is 56.4 Å². The number of rotatable bonds is 5. The summed E-state index contributed by atoms with van der Waals surface area (Å²) in [6.45, 7) is 3.51. The molecular formula is C12H16N8O2. The van der Waals surface area contributed by atoms with E-state index < -0.39 is 5.91 Å².